The minimum atomic E-state index is -0.472. The minimum Gasteiger partial charge on any atom is -0.493 e. The molecule has 1 aliphatic carbocycles. The summed E-state index contributed by atoms with van der Waals surface area (Å²) in [6, 6.07) is 17.5. The van der Waals surface area contributed by atoms with Crippen LogP contribution in [0.2, 0.25) is 0 Å². The molecule has 0 unspecified atom stereocenters. The summed E-state index contributed by atoms with van der Waals surface area (Å²) in [6.45, 7) is 4.16. The molecule has 1 aliphatic heterocycles. The third-order valence-corrected chi connectivity index (χ3v) is 7.63. The smallest absolute Gasteiger partial charge is 0.228 e. The zero-order valence-electron chi connectivity index (χ0n) is 22.6. The van der Waals surface area contributed by atoms with Crippen molar-refractivity contribution in [2.24, 2.45) is 5.41 Å². The Morgan fingerprint density at radius 2 is 1.80 bits per heavy atom. The van der Waals surface area contributed by atoms with Gasteiger partial charge in [-0.25, -0.2) is 19.5 Å². The fourth-order valence-corrected chi connectivity index (χ4v) is 5.81. The molecule has 0 saturated carbocycles. The second kappa shape index (κ2) is 8.87. The number of ketones is 1. The van der Waals surface area contributed by atoms with E-state index in [1.165, 1.54) is 0 Å². The highest BCUT2D eigenvalue weighted by atomic mass is 16.5. The van der Waals surface area contributed by atoms with Crippen LogP contribution in [-0.2, 0) is 4.79 Å². The number of carbonyl (C=O) groups excluding carboxylic acids is 1. The second-order valence-corrected chi connectivity index (χ2v) is 11.0. The van der Waals surface area contributed by atoms with Crippen LogP contribution in [0.5, 0.6) is 17.4 Å². The Morgan fingerprint density at radius 1 is 0.975 bits per heavy atom. The lowest BCUT2D eigenvalue weighted by Crippen LogP contribution is -2.33. The Labute approximate surface area is 230 Å². The van der Waals surface area contributed by atoms with Crippen LogP contribution in [-0.4, -0.2) is 44.6 Å². The third kappa shape index (κ3) is 3.80. The molecule has 2 aromatic carbocycles. The molecule has 4 heterocycles. The van der Waals surface area contributed by atoms with E-state index in [-0.39, 0.29) is 11.2 Å². The molecule has 0 saturated heterocycles. The number of benzene rings is 2. The first-order chi connectivity index (χ1) is 19.3. The van der Waals surface area contributed by atoms with Gasteiger partial charge in [-0.05, 0) is 35.2 Å². The van der Waals surface area contributed by atoms with E-state index in [1.54, 1.807) is 25.1 Å². The van der Waals surface area contributed by atoms with Gasteiger partial charge in [0.1, 0.15) is 17.8 Å². The quantitative estimate of drug-likeness (QED) is 0.298. The largest absolute Gasteiger partial charge is 0.493 e. The van der Waals surface area contributed by atoms with Gasteiger partial charge in [-0.2, -0.15) is 0 Å². The van der Waals surface area contributed by atoms with E-state index in [9.17, 15) is 4.79 Å². The molecule has 3 aromatic heterocycles. The number of carbonyl (C=O) groups is 1. The van der Waals surface area contributed by atoms with Crippen molar-refractivity contribution in [1.29, 1.82) is 0 Å². The van der Waals surface area contributed by atoms with Crippen LogP contribution in [0.4, 0.5) is 0 Å². The molecule has 5 aromatic rings. The zero-order valence-corrected chi connectivity index (χ0v) is 22.6. The maximum absolute atomic E-state index is 13.7. The number of nitrogens with zero attached hydrogens (tertiary/aromatic N) is 5. The van der Waals surface area contributed by atoms with Gasteiger partial charge in [0, 0.05) is 23.8 Å². The van der Waals surface area contributed by atoms with Gasteiger partial charge >= 0.3 is 0 Å². The minimum absolute atomic E-state index is 0.0506. The highest BCUT2D eigenvalue weighted by Crippen LogP contribution is 2.51. The molecule has 0 fully saturated rings. The first-order valence-electron chi connectivity index (χ1n) is 13.1. The summed E-state index contributed by atoms with van der Waals surface area (Å²) in [5.41, 5.74) is 4.00. The van der Waals surface area contributed by atoms with E-state index < -0.39 is 5.92 Å². The number of aromatic nitrogens is 5. The number of methoxy groups -OCH3 is 2. The summed E-state index contributed by atoms with van der Waals surface area (Å²) in [6.07, 6.45) is 2.64. The molecule has 40 heavy (non-hydrogen) atoms. The number of Topliss-reactive ketones (excluding diaryl/α,β-unsaturated/α-hetero) is 1. The number of ether oxygens (including phenoxy) is 3. The molecule has 2 aliphatic rings. The first-order valence-corrected chi connectivity index (χ1v) is 13.1. The van der Waals surface area contributed by atoms with Crippen molar-refractivity contribution in [2.45, 2.75) is 32.6 Å². The van der Waals surface area contributed by atoms with Crippen molar-refractivity contribution in [3.8, 4) is 28.9 Å². The number of pyridine rings is 1. The molecule has 0 spiro atoms. The summed E-state index contributed by atoms with van der Waals surface area (Å²) in [5.74, 6) is 2.29. The zero-order chi connectivity index (χ0) is 27.6. The molecule has 0 N–H and O–H groups in total. The predicted molar refractivity (Wildman–Crippen MR) is 149 cm³/mol. The van der Waals surface area contributed by atoms with Gasteiger partial charge in [0.25, 0.3) is 0 Å². The van der Waals surface area contributed by atoms with Crippen LogP contribution in [0, 0.1) is 5.41 Å². The van der Waals surface area contributed by atoms with E-state index in [1.807, 2.05) is 54.6 Å². The number of hydrogen-bond acceptors (Lipinski definition) is 8. The van der Waals surface area contributed by atoms with E-state index >= 15 is 0 Å². The molecular formula is C31H27N5O4. The Morgan fingerprint density at radius 3 is 2.62 bits per heavy atom. The topological polar surface area (TPSA) is 101 Å². The molecule has 1 atom stereocenters. The standard InChI is InChI=1S/C31H27N5O4/c1-31(2)14-21(37)26-24(15-31)40-30-27(25(26)18-10-12-22(38-3)23(13-18)39-4)29-34-28(35-36(29)16-32-30)20-11-9-17-7-5-6-8-19(17)33-20/h5-13,16,25H,14-15H2,1-4H3/t25-/m0/s1. The van der Waals surface area contributed by atoms with Crippen LogP contribution in [0.15, 0.2) is 72.3 Å². The number of allylic oxidation sites excluding steroid dienone is 2. The van der Waals surface area contributed by atoms with Crippen molar-refractivity contribution in [2.75, 3.05) is 14.2 Å². The number of hydrogen-bond donors (Lipinski definition) is 0. The van der Waals surface area contributed by atoms with Crippen molar-refractivity contribution >= 4 is 22.3 Å². The average Bonchev–Trinajstić information content (AvgIpc) is 3.39. The molecule has 0 bridgehead atoms. The van der Waals surface area contributed by atoms with Gasteiger partial charge in [0.05, 0.1) is 31.2 Å². The van der Waals surface area contributed by atoms with Crippen molar-refractivity contribution < 1.29 is 19.0 Å². The third-order valence-electron chi connectivity index (χ3n) is 7.63. The van der Waals surface area contributed by atoms with Gasteiger partial charge in [0.2, 0.25) is 11.7 Å². The number of rotatable bonds is 4. The highest BCUT2D eigenvalue weighted by molar-refractivity contribution is 6.00. The van der Waals surface area contributed by atoms with E-state index in [2.05, 4.69) is 18.8 Å². The SMILES string of the molecule is COc1ccc([C@H]2C3=C(CC(C)(C)CC3=O)Oc3ncn4nc(-c5ccc6ccccc6n5)nc4c32)cc1OC. The second-order valence-electron chi connectivity index (χ2n) is 11.0. The lowest BCUT2D eigenvalue weighted by atomic mass is 9.70. The van der Waals surface area contributed by atoms with Gasteiger partial charge < -0.3 is 14.2 Å². The van der Waals surface area contributed by atoms with Crippen molar-refractivity contribution in [3.63, 3.8) is 0 Å². The molecule has 0 amide bonds. The summed E-state index contributed by atoms with van der Waals surface area (Å²) in [5, 5.41) is 5.75. The molecule has 0 radical (unpaired) electrons. The van der Waals surface area contributed by atoms with Gasteiger partial charge in [0.15, 0.2) is 22.9 Å². The lowest BCUT2D eigenvalue weighted by molar-refractivity contribution is -0.118. The summed E-state index contributed by atoms with van der Waals surface area (Å²) in [7, 11) is 3.19. The van der Waals surface area contributed by atoms with E-state index in [0.717, 1.165) is 16.5 Å². The lowest BCUT2D eigenvalue weighted by Gasteiger charge is -2.37. The Kier molecular flexibility index (Phi) is 5.38. The maximum Gasteiger partial charge on any atom is 0.228 e. The highest BCUT2D eigenvalue weighted by Gasteiger charge is 2.44. The van der Waals surface area contributed by atoms with Gasteiger partial charge in [-0.3, -0.25) is 4.79 Å². The Bertz CT molecular complexity index is 1870. The van der Waals surface area contributed by atoms with Crippen LogP contribution < -0.4 is 14.2 Å². The number of fused-ring (bicyclic) bond motifs is 4. The van der Waals surface area contributed by atoms with Crippen LogP contribution in [0.3, 0.4) is 0 Å². The van der Waals surface area contributed by atoms with Crippen LogP contribution in [0.25, 0.3) is 28.1 Å². The summed E-state index contributed by atoms with van der Waals surface area (Å²) < 4.78 is 19.1. The van der Waals surface area contributed by atoms with E-state index in [4.69, 9.17) is 29.3 Å². The number of para-hydroxylation sites is 1. The molecule has 9 heteroatoms. The van der Waals surface area contributed by atoms with E-state index in [0.29, 0.717) is 64.3 Å². The average molecular weight is 534 g/mol. The van der Waals surface area contributed by atoms with Crippen LogP contribution >= 0.6 is 0 Å². The summed E-state index contributed by atoms with van der Waals surface area (Å²) in [4.78, 5) is 28.1. The summed E-state index contributed by atoms with van der Waals surface area (Å²) >= 11 is 0. The molecule has 7 rings (SSSR count). The molecule has 200 valence electrons. The fourth-order valence-electron chi connectivity index (χ4n) is 5.81. The van der Waals surface area contributed by atoms with Crippen molar-refractivity contribution in [1.82, 2.24) is 24.6 Å². The first kappa shape index (κ1) is 24.3. The molecule has 9 nitrogen and oxygen atoms in total. The predicted octanol–water partition coefficient (Wildman–Crippen LogP) is 5.52. The monoisotopic (exact) mass is 533 g/mol. The van der Waals surface area contributed by atoms with Crippen LogP contribution in [0.1, 0.15) is 43.7 Å². The maximum atomic E-state index is 13.7. The normalized spacial score (nSPS) is 17.9. The molecular weight excluding hydrogens is 506 g/mol. The van der Waals surface area contributed by atoms with Gasteiger partial charge in [-0.1, -0.05) is 44.2 Å². The Balaban J connectivity index is 1.45. The van der Waals surface area contributed by atoms with Gasteiger partial charge in [-0.15, -0.1) is 5.10 Å². The fraction of sp³-hybridized carbons (Fsp3) is 0.258. The Hall–Kier alpha value is -4.79. The van der Waals surface area contributed by atoms with Crippen molar-refractivity contribution in [3.05, 3.63) is 83.4 Å².